The molecule has 4 N–H and O–H groups in total. The van der Waals surface area contributed by atoms with Crippen LogP contribution in [0.5, 0.6) is 5.88 Å². The van der Waals surface area contributed by atoms with Crippen LogP contribution in [-0.2, 0) is 6.18 Å². The number of nitrogens with two attached hydrogens (primary N) is 1. The highest BCUT2D eigenvalue weighted by atomic mass is 19.4. The summed E-state index contributed by atoms with van der Waals surface area (Å²) in [5, 5.41) is 13.6. The number of nitrogens with zero attached hydrogens (tertiary/aromatic N) is 5. The van der Waals surface area contributed by atoms with E-state index in [0.717, 1.165) is 25.8 Å². The van der Waals surface area contributed by atoms with Crippen LogP contribution in [0.3, 0.4) is 0 Å². The summed E-state index contributed by atoms with van der Waals surface area (Å²) < 4.78 is 80.2. The molecule has 218 valence electrons. The highest BCUT2D eigenvalue weighted by molar-refractivity contribution is 5.98. The fraction of sp³-hybridized carbons (Fsp3) is 0.519. The third-order valence-electron chi connectivity index (χ3n) is 8.91. The Morgan fingerprint density at radius 1 is 1.12 bits per heavy atom. The molecule has 3 fully saturated rings. The zero-order chi connectivity index (χ0) is 29.0. The number of piperazine rings is 1. The van der Waals surface area contributed by atoms with E-state index in [2.05, 4.69) is 20.2 Å². The largest absolute Gasteiger partial charge is 0.472 e. The van der Waals surface area contributed by atoms with Crippen molar-refractivity contribution in [2.75, 3.05) is 35.2 Å². The van der Waals surface area contributed by atoms with Gasteiger partial charge in [-0.05, 0) is 44.7 Å². The van der Waals surface area contributed by atoms with Gasteiger partial charge < -0.3 is 30.7 Å². The SMILES string of the molecule is Cc1c(F)c(N)cc(-c2nc3c4c(nc(N5CCC5CO)nc4c2F)N2CC4CCC(N4)C2C(C)O3)c1C(F)(F)F. The van der Waals surface area contributed by atoms with Crippen LogP contribution >= 0.6 is 0 Å². The molecule has 7 rings (SSSR count). The summed E-state index contributed by atoms with van der Waals surface area (Å²) in [6.45, 7) is 3.72. The molecule has 6 heterocycles. The van der Waals surface area contributed by atoms with Crippen LogP contribution in [0, 0.1) is 18.6 Å². The topological polar surface area (TPSA) is 113 Å². The van der Waals surface area contributed by atoms with Crippen molar-refractivity contribution in [3.63, 3.8) is 0 Å². The molecule has 0 aliphatic carbocycles. The van der Waals surface area contributed by atoms with Crippen molar-refractivity contribution in [1.29, 1.82) is 0 Å². The summed E-state index contributed by atoms with van der Waals surface area (Å²) in [5.74, 6) is -1.92. The zero-order valence-electron chi connectivity index (χ0n) is 22.3. The Labute approximate surface area is 231 Å². The molecule has 5 atom stereocenters. The first-order valence-electron chi connectivity index (χ1n) is 13.6. The lowest BCUT2D eigenvalue weighted by atomic mass is 9.96. The van der Waals surface area contributed by atoms with Gasteiger partial charge in [-0.1, -0.05) is 0 Å². The minimum Gasteiger partial charge on any atom is -0.472 e. The minimum atomic E-state index is -5.03. The molecule has 41 heavy (non-hydrogen) atoms. The number of rotatable bonds is 3. The van der Waals surface area contributed by atoms with Gasteiger partial charge in [0.1, 0.15) is 34.3 Å². The van der Waals surface area contributed by atoms with Crippen molar-refractivity contribution >= 4 is 28.4 Å². The highest BCUT2D eigenvalue weighted by Gasteiger charge is 2.48. The summed E-state index contributed by atoms with van der Waals surface area (Å²) in [6, 6.07) is 0.517. The van der Waals surface area contributed by atoms with Gasteiger partial charge >= 0.3 is 6.18 Å². The lowest BCUT2D eigenvalue weighted by Crippen LogP contribution is -2.62. The quantitative estimate of drug-likeness (QED) is 0.318. The van der Waals surface area contributed by atoms with E-state index in [9.17, 15) is 22.7 Å². The van der Waals surface area contributed by atoms with Gasteiger partial charge in [-0.3, -0.25) is 0 Å². The van der Waals surface area contributed by atoms with Gasteiger partial charge in [-0.2, -0.15) is 18.2 Å². The summed E-state index contributed by atoms with van der Waals surface area (Å²) in [4.78, 5) is 17.4. The molecule has 0 radical (unpaired) electrons. The van der Waals surface area contributed by atoms with E-state index in [-0.39, 0.29) is 53.5 Å². The Kier molecular flexibility index (Phi) is 5.78. The third-order valence-corrected chi connectivity index (χ3v) is 8.91. The van der Waals surface area contributed by atoms with Crippen LogP contribution in [0.4, 0.5) is 39.4 Å². The number of hydrogen-bond acceptors (Lipinski definition) is 9. The lowest BCUT2D eigenvalue weighted by molar-refractivity contribution is -0.137. The molecule has 0 spiro atoms. The van der Waals surface area contributed by atoms with E-state index in [0.29, 0.717) is 25.3 Å². The number of nitrogens with one attached hydrogen (secondary N) is 1. The molecule has 1 aromatic carbocycles. The molecule has 14 heteroatoms. The second kappa shape index (κ2) is 8.99. The van der Waals surface area contributed by atoms with Gasteiger partial charge in [0.05, 0.1) is 29.9 Å². The van der Waals surface area contributed by atoms with Crippen molar-refractivity contribution in [3.8, 4) is 17.1 Å². The first kappa shape index (κ1) is 26.4. The number of pyridine rings is 1. The number of hydrogen-bond donors (Lipinski definition) is 3. The fourth-order valence-corrected chi connectivity index (χ4v) is 6.87. The maximum atomic E-state index is 16.6. The van der Waals surface area contributed by atoms with Crippen molar-refractivity contribution in [2.24, 2.45) is 0 Å². The van der Waals surface area contributed by atoms with Crippen LogP contribution < -0.4 is 25.6 Å². The molecule has 4 aliphatic rings. The zero-order valence-corrected chi connectivity index (χ0v) is 22.3. The molecule has 0 saturated carbocycles. The standard InChI is InChI=1S/C27H28F5N7O2/c1-10-18(27(30,31)32)14(7-15(33)19(10)28)21-20(29)22-17-24(37-26(36-22)38-6-5-13(38)9-40)39-8-12-3-4-16(34-12)23(39)11(2)41-25(17)35-21/h7,11-13,16,23,34,40H,3-6,8-9,33H2,1-2H3. The molecule has 2 bridgehead atoms. The van der Waals surface area contributed by atoms with Gasteiger partial charge in [0.15, 0.2) is 5.82 Å². The Morgan fingerprint density at radius 3 is 2.59 bits per heavy atom. The number of fused-ring (bicyclic) bond motifs is 5. The lowest BCUT2D eigenvalue weighted by Gasteiger charge is -2.43. The Morgan fingerprint density at radius 2 is 1.90 bits per heavy atom. The second-order valence-corrected chi connectivity index (χ2v) is 11.3. The number of anilines is 3. The predicted octanol–water partition coefficient (Wildman–Crippen LogP) is 3.54. The minimum absolute atomic E-state index is 0.0569. The van der Waals surface area contributed by atoms with Crippen LogP contribution in [0.25, 0.3) is 22.2 Å². The van der Waals surface area contributed by atoms with Gasteiger partial charge in [0.2, 0.25) is 11.8 Å². The van der Waals surface area contributed by atoms with E-state index in [1.54, 1.807) is 4.90 Å². The van der Waals surface area contributed by atoms with Crippen LogP contribution in [0.2, 0.25) is 0 Å². The van der Waals surface area contributed by atoms with E-state index in [1.165, 1.54) is 0 Å². The summed E-state index contributed by atoms with van der Waals surface area (Å²) >= 11 is 0. The Balaban J connectivity index is 1.53. The number of aromatic nitrogens is 3. The van der Waals surface area contributed by atoms with Gasteiger partial charge in [-0.25, -0.2) is 18.7 Å². The van der Waals surface area contributed by atoms with E-state index < -0.39 is 52.0 Å². The summed E-state index contributed by atoms with van der Waals surface area (Å²) in [5.41, 5.74) is 1.36. The predicted molar refractivity (Wildman–Crippen MR) is 141 cm³/mol. The number of nitrogen functional groups attached to an aromatic ring is 1. The average molecular weight is 578 g/mol. The molecule has 3 saturated heterocycles. The molecule has 0 amide bonds. The van der Waals surface area contributed by atoms with Crippen molar-refractivity contribution in [2.45, 2.75) is 69.6 Å². The second-order valence-electron chi connectivity index (χ2n) is 11.3. The van der Waals surface area contributed by atoms with Crippen molar-refractivity contribution in [1.82, 2.24) is 20.3 Å². The van der Waals surface area contributed by atoms with Crippen molar-refractivity contribution in [3.05, 3.63) is 28.8 Å². The van der Waals surface area contributed by atoms with Crippen LogP contribution in [0.1, 0.15) is 37.3 Å². The Bertz CT molecular complexity index is 1580. The molecule has 2 aromatic heterocycles. The van der Waals surface area contributed by atoms with Gasteiger partial charge in [-0.15, -0.1) is 0 Å². The number of aliphatic hydroxyl groups excluding tert-OH is 1. The van der Waals surface area contributed by atoms with Crippen LogP contribution in [-0.4, -0.2) is 70.0 Å². The average Bonchev–Trinajstić information content (AvgIpc) is 3.21. The molecular formula is C27H28F5N7O2. The third kappa shape index (κ3) is 3.83. The number of ether oxygens (including phenoxy) is 1. The highest BCUT2D eigenvalue weighted by Crippen LogP contribution is 2.47. The monoisotopic (exact) mass is 577 g/mol. The molecular weight excluding hydrogens is 549 g/mol. The molecule has 5 unspecified atom stereocenters. The van der Waals surface area contributed by atoms with E-state index in [4.69, 9.17) is 15.5 Å². The normalized spacial score (nSPS) is 27.0. The van der Waals surface area contributed by atoms with Gasteiger partial charge in [0.25, 0.3) is 0 Å². The number of alkyl halides is 3. The Hall–Kier alpha value is -3.52. The van der Waals surface area contributed by atoms with Crippen LogP contribution in [0.15, 0.2) is 6.07 Å². The first-order valence-corrected chi connectivity index (χ1v) is 13.6. The number of benzene rings is 1. The van der Waals surface area contributed by atoms with E-state index in [1.807, 2.05) is 6.92 Å². The maximum absolute atomic E-state index is 16.6. The molecule has 9 nitrogen and oxygen atoms in total. The smallest absolute Gasteiger partial charge is 0.417 e. The molecule has 4 aliphatic heterocycles. The first-order chi connectivity index (χ1) is 19.5. The fourth-order valence-electron chi connectivity index (χ4n) is 6.87. The summed E-state index contributed by atoms with van der Waals surface area (Å²) in [7, 11) is 0. The molecule has 3 aromatic rings. The van der Waals surface area contributed by atoms with Gasteiger partial charge in [0, 0.05) is 30.7 Å². The number of aliphatic hydroxyl groups is 1. The van der Waals surface area contributed by atoms with Crippen molar-refractivity contribution < 1.29 is 31.8 Å². The number of halogens is 5. The summed E-state index contributed by atoms with van der Waals surface area (Å²) in [6.07, 6.45) is -2.99. The maximum Gasteiger partial charge on any atom is 0.417 e. The van der Waals surface area contributed by atoms with E-state index >= 15 is 4.39 Å².